The number of hydrogen-bond acceptors (Lipinski definition) is 4. The summed E-state index contributed by atoms with van der Waals surface area (Å²) in [7, 11) is 0. The first-order valence-electron chi connectivity index (χ1n) is 5.95. The van der Waals surface area contributed by atoms with E-state index in [2.05, 4.69) is 20.1 Å². The van der Waals surface area contributed by atoms with Crippen LogP contribution in [0.15, 0.2) is 30.9 Å². The van der Waals surface area contributed by atoms with Crippen molar-refractivity contribution < 1.29 is 22.7 Å². The summed E-state index contributed by atoms with van der Waals surface area (Å²) < 4.78 is 42.6. The predicted molar refractivity (Wildman–Crippen MR) is 71.7 cm³/mol. The van der Waals surface area contributed by atoms with Crippen LogP contribution in [-0.2, 0) is 11.3 Å². The minimum atomic E-state index is -4.50. The van der Waals surface area contributed by atoms with Crippen molar-refractivity contribution in [2.75, 3.05) is 11.9 Å². The van der Waals surface area contributed by atoms with Gasteiger partial charge in [-0.25, -0.2) is 9.67 Å². The van der Waals surface area contributed by atoms with Crippen molar-refractivity contribution in [3.63, 3.8) is 0 Å². The van der Waals surface area contributed by atoms with E-state index in [9.17, 15) is 18.0 Å². The summed E-state index contributed by atoms with van der Waals surface area (Å²) >= 11 is 5.72. The highest BCUT2D eigenvalue weighted by molar-refractivity contribution is 6.30. The number of anilines is 1. The second-order valence-corrected chi connectivity index (χ2v) is 4.62. The molecule has 118 valence electrons. The molecule has 0 unspecified atom stereocenters. The zero-order valence-corrected chi connectivity index (χ0v) is 11.7. The monoisotopic (exact) mass is 334 g/mol. The molecule has 1 N–H and O–H groups in total. The summed E-state index contributed by atoms with van der Waals surface area (Å²) in [6.45, 7) is -1.62. The normalized spacial score (nSPS) is 11.3. The van der Waals surface area contributed by atoms with E-state index >= 15 is 0 Å². The standard InChI is InChI=1S/C12H10ClF3N4O2/c13-8-1-2-9(10(3-8)22-5-12(14,15)16)19-11(21)4-20-7-17-6-18-20/h1-3,6-7H,4-5H2,(H,19,21). The number of rotatable bonds is 5. The van der Waals surface area contributed by atoms with E-state index in [1.165, 1.54) is 35.5 Å². The van der Waals surface area contributed by atoms with E-state index in [1.54, 1.807) is 0 Å². The van der Waals surface area contributed by atoms with E-state index in [1.807, 2.05) is 0 Å². The molecule has 2 aromatic rings. The van der Waals surface area contributed by atoms with E-state index in [-0.39, 0.29) is 23.0 Å². The number of carbonyl (C=O) groups excluding carboxylic acids is 1. The molecule has 2 rings (SSSR count). The van der Waals surface area contributed by atoms with Crippen LogP contribution < -0.4 is 10.1 Å². The average molecular weight is 335 g/mol. The molecule has 1 amide bonds. The summed E-state index contributed by atoms with van der Waals surface area (Å²) in [5.74, 6) is -0.665. The molecular weight excluding hydrogens is 325 g/mol. The smallest absolute Gasteiger partial charge is 0.422 e. The van der Waals surface area contributed by atoms with Crippen LogP contribution in [0.2, 0.25) is 5.02 Å². The summed E-state index contributed by atoms with van der Waals surface area (Å²) in [5.41, 5.74) is 0.0822. The van der Waals surface area contributed by atoms with Gasteiger partial charge in [0.15, 0.2) is 6.61 Å². The van der Waals surface area contributed by atoms with E-state index in [4.69, 9.17) is 11.6 Å². The fourth-order valence-electron chi connectivity index (χ4n) is 1.53. The van der Waals surface area contributed by atoms with Gasteiger partial charge in [0.25, 0.3) is 0 Å². The lowest BCUT2D eigenvalue weighted by Crippen LogP contribution is -2.22. The summed E-state index contributed by atoms with van der Waals surface area (Å²) in [6.07, 6.45) is -1.90. The molecule has 0 saturated heterocycles. The molecule has 1 aromatic carbocycles. The molecule has 6 nitrogen and oxygen atoms in total. The van der Waals surface area contributed by atoms with Gasteiger partial charge in [0.05, 0.1) is 5.69 Å². The number of nitrogens with zero attached hydrogens (tertiary/aromatic N) is 3. The third-order valence-corrected chi connectivity index (χ3v) is 2.62. The van der Waals surface area contributed by atoms with Crippen molar-refractivity contribution in [2.45, 2.75) is 12.7 Å². The second-order valence-electron chi connectivity index (χ2n) is 4.19. The van der Waals surface area contributed by atoms with Crippen molar-refractivity contribution >= 4 is 23.2 Å². The van der Waals surface area contributed by atoms with Gasteiger partial charge in [0, 0.05) is 11.1 Å². The Labute approximate surface area is 127 Å². The first-order chi connectivity index (χ1) is 10.3. The van der Waals surface area contributed by atoms with Gasteiger partial charge >= 0.3 is 6.18 Å². The van der Waals surface area contributed by atoms with E-state index in [0.717, 1.165) is 0 Å². The fraction of sp³-hybridized carbons (Fsp3) is 0.250. The molecule has 1 heterocycles. The third kappa shape index (κ3) is 4.92. The SMILES string of the molecule is O=C(Cn1cncn1)Nc1ccc(Cl)cc1OCC(F)(F)F. The van der Waals surface area contributed by atoms with Crippen LogP contribution in [0.3, 0.4) is 0 Å². The molecule has 0 aliphatic heterocycles. The van der Waals surface area contributed by atoms with Crippen molar-refractivity contribution in [1.82, 2.24) is 14.8 Å². The Kier molecular flexibility index (Phi) is 4.86. The van der Waals surface area contributed by atoms with Gasteiger partial charge in [-0.1, -0.05) is 11.6 Å². The highest BCUT2D eigenvalue weighted by Gasteiger charge is 2.29. The molecule has 0 radical (unpaired) electrons. The number of carbonyl (C=O) groups is 1. The molecule has 0 spiro atoms. The molecule has 0 fully saturated rings. The summed E-state index contributed by atoms with van der Waals surface area (Å²) in [6, 6.07) is 3.97. The van der Waals surface area contributed by atoms with Gasteiger partial charge in [0.2, 0.25) is 5.91 Å². The highest BCUT2D eigenvalue weighted by atomic mass is 35.5. The fourth-order valence-corrected chi connectivity index (χ4v) is 1.69. The number of halogens is 4. The Morgan fingerprint density at radius 2 is 2.18 bits per heavy atom. The van der Waals surface area contributed by atoms with Gasteiger partial charge < -0.3 is 10.1 Å². The molecule has 0 aliphatic rings. The Balaban J connectivity index is 2.07. The Morgan fingerprint density at radius 1 is 1.41 bits per heavy atom. The van der Waals surface area contributed by atoms with Crippen molar-refractivity contribution in [3.05, 3.63) is 35.9 Å². The zero-order chi connectivity index (χ0) is 16.2. The van der Waals surface area contributed by atoms with Crippen LogP contribution in [0.25, 0.3) is 0 Å². The second kappa shape index (κ2) is 6.65. The minimum Gasteiger partial charge on any atom is -0.482 e. The maximum Gasteiger partial charge on any atom is 0.422 e. The molecule has 0 bridgehead atoms. The lowest BCUT2D eigenvalue weighted by Gasteiger charge is -2.14. The predicted octanol–water partition coefficient (Wildman–Crippen LogP) is 2.51. The maximum atomic E-state index is 12.2. The maximum absolute atomic E-state index is 12.2. The molecule has 1 aromatic heterocycles. The Bertz CT molecular complexity index is 646. The lowest BCUT2D eigenvalue weighted by molar-refractivity contribution is -0.153. The van der Waals surface area contributed by atoms with Crippen molar-refractivity contribution in [2.24, 2.45) is 0 Å². The van der Waals surface area contributed by atoms with Gasteiger partial charge in [-0.2, -0.15) is 18.3 Å². The van der Waals surface area contributed by atoms with E-state index < -0.39 is 18.7 Å². The van der Waals surface area contributed by atoms with Gasteiger partial charge in [-0.05, 0) is 12.1 Å². The number of ether oxygens (including phenoxy) is 1. The molecular formula is C12H10ClF3N4O2. The van der Waals surface area contributed by atoms with Crippen LogP contribution in [0.4, 0.5) is 18.9 Å². The lowest BCUT2D eigenvalue weighted by atomic mass is 10.3. The first-order valence-corrected chi connectivity index (χ1v) is 6.32. The van der Waals surface area contributed by atoms with E-state index in [0.29, 0.717) is 0 Å². The molecule has 0 aliphatic carbocycles. The number of amides is 1. The largest absolute Gasteiger partial charge is 0.482 e. The molecule has 0 atom stereocenters. The third-order valence-electron chi connectivity index (χ3n) is 2.38. The summed E-state index contributed by atoms with van der Waals surface area (Å²) in [4.78, 5) is 15.5. The highest BCUT2D eigenvalue weighted by Crippen LogP contribution is 2.29. The van der Waals surface area contributed by atoms with Crippen LogP contribution in [-0.4, -0.2) is 33.5 Å². The Hall–Kier alpha value is -2.29. The topological polar surface area (TPSA) is 69.0 Å². The van der Waals surface area contributed by atoms with Crippen LogP contribution in [0, 0.1) is 0 Å². The number of aromatic nitrogens is 3. The van der Waals surface area contributed by atoms with Crippen LogP contribution in [0.5, 0.6) is 5.75 Å². The minimum absolute atomic E-state index is 0.0822. The van der Waals surface area contributed by atoms with Gasteiger partial charge in [0.1, 0.15) is 24.9 Å². The van der Waals surface area contributed by atoms with Crippen LogP contribution in [0.1, 0.15) is 0 Å². The Morgan fingerprint density at radius 3 is 2.82 bits per heavy atom. The molecule has 10 heteroatoms. The number of benzene rings is 1. The number of alkyl halides is 3. The average Bonchev–Trinajstić information content (AvgIpc) is 2.91. The number of nitrogens with one attached hydrogen (secondary N) is 1. The first kappa shape index (κ1) is 16.1. The quantitative estimate of drug-likeness (QED) is 0.912. The molecule has 0 saturated carbocycles. The summed E-state index contributed by atoms with van der Waals surface area (Å²) in [5, 5.41) is 6.37. The number of hydrogen-bond donors (Lipinski definition) is 1. The molecule has 22 heavy (non-hydrogen) atoms. The zero-order valence-electron chi connectivity index (χ0n) is 11.0. The van der Waals surface area contributed by atoms with Crippen molar-refractivity contribution in [3.8, 4) is 5.75 Å². The van der Waals surface area contributed by atoms with Crippen LogP contribution >= 0.6 is 11.6 Å². The van der Waals surface area contributed by atoms with Gasteiger partial charge in [-0.3, -0.25) is 4.79 Å². The van der Waals surface area contributed by atoms with Crippen molar-refractivity contribution in [1.29, 1.82) is 0 Å². The van der Waals surface area contributed by atoms with Gasteiger partial charge in [-0.15, -0.1) is 0 Å².